The van der Waals surface area contributed by atoms with E-state index < -0.39 is 0 Å². The van der Waals surface area contributed by atoms with Gasteiger partial charge in [0.05, 0.1) is 0 Å². The number of anilines is 1. The quantitative estimate of drug-likeness (QED) is 0.778. The maximum atomic E-state index is 12.5. The maximum absolute atomic E-state index is 12.5. The average Bonchev–Trinajstić information content (AvgIpc) is 2.73. The molecule has 1 amide bonds. The third kappa shape index (κ3) is 3.97. The number of nitrogens with one attached hydrogen (secondary N) is 1. The molecule has 27 heavy (non-hydrogen) atoms. The van der Waals surface area contributed by atoms with Crippen molar-refractivity contribution in [3.63, 3.8) is 0 Å². The van der Waals surface area contributed by atoms with Gasteiger partial charge in [-0.1, -0.05) is 54.1 Å². The van der Waals surface area contributed by atoms with E-state index in [4.69, 9.17) is 0 Å². The predicted molar refractivity (Wildman–Crippen MR) is 106 cm³/mol. The van der Waals surface area contributed by atoms with Crippen LogP contribution in [0.4, 0.5) is 5.82 Å². The molecular weight excluding hydrogens is 336 g/mol. The molecule has 3 aromatic rings. The van der Waals surface area contributed by atoms with Crippen LogP contribution in [0.5, 0.6) is 0 Å². The van der Waals surface area contributed by atoms with Crippen molar-refractivity contribution in [1.82, 2.24) is 15.3 Å². The molecule has 5 heteroatoms. The van der Waals surface area contributed by atoms with E-state index in [0.29, 0.717) is 12.2 Å². The van der Waals surface area contributed by atoms with Crippen LogP contribution in [0.2, 0.25) is 0 Å². The zero-order chi connectivity index (χ0) is 18.6. The Labute approximate surface area is 159 Å². The third-order valence-electron chi connectivity index (χ3n) is 4.91. The van der Waals surface area contributed by atoms with Crippen LogP contribution in [-0.2, 0) is 19.5 Å². The minimum atomic E-state index is -0.184. The molecule has 0 radical (unpaired) electrons. The number of nitrogens with zero attached hydrogens (tertiary/aromatic N) is 3. The SMILES string of the molecule is Cc1ccc(CNC(=O)c2cc(N3CCc4ccccc4C3)ncn2)cc1. The first-order valence-corrected chi connectivity index (χ1v) is 9.16. The van der Waals surface area contributed by atoms with Gasteiger partial charge >= 0.3 is 0 Å². The summed E-state index contributed by atoms with van der Waals surface area (Å²) < 4.78 is 0. The van der Waals surface area contributed by atoms with Crippen LogP contribution in [0, 0.1) is 6.92 Å². The Morgan fingerprint density at radius 3 is 2.67 bits per heavy atom. The van der Waals surface area contributed by atoms with E-state index >= 15 is 0 Å². The van der Waals surface area contributed by atoms with Crippen LogP contribution in [0.3, 0.4) is 0 Å². The Morgan fingerprint density at radius 2 is 1.85 bits per heavy atom. The number of amides is 1. The molecule has 1 aliphatic rings. The molecule has 1 N–H and O–H groups in total. The highest BCUT2D eigenvalue weighted by atomic mass is 16.1. The van der Waals surface area contributed by atoms with E-state index in [9.17, 15) is 4.79 Å². The van der Waals surface area contributed by atoms with Crippen LogP contribution in [-0.4, -0.2) is 22.4 Å². The van der Waals surface area contributed by atoms with E-state index in [0.717, 1.165) is 30.9 Å². The summed E-state index contributed by atoms with van der Waals surface area (Å²) >= 11 is 0. The topological polar surface area (TPSA) is 58.1 Å². The summed E-state index contributed by atoms with van der Waals surface area (Å²) in [5.74, 6) is 0.608. The number of rotatable bonds is 4. The normalized spacial score (nSPS) is 13.1. The Hall–Kier alpha value is -3.21. The van der Waals surface area contributed by atoms with Crippen LogP contribution >= 0.6 is 0 Å². The molecule has 4 rings (SSSR count). The maximum Gasteiger partial charge on any atom is 0.270 e. The van der Waals surface area contributed by atoms with Gasteiger partial charge in [0.25, 0.3) is 5.91 Å². The van der Waals surface area contributed by atoms with Gasteiger partial charge in [-0.3, -0.25) is 4.79 Å². The Balaban J connectivity index is 1.44. The minimum absolute atomic E-state index is 0.184. The van der Waals surface area contributed by atoms with Crippen LogP contribution in [0.25, 0.3) is 0 Å². The van der Waals surface area contributed by atoms with E-state index in [1.54, 1.807) is 6.07 Å². The lowest BCUT2D eigenvalue weighted by Crippen LogP contribution is -2.31. The molecule has 0 atom stereocenters. The molecule has 0 aliphatic carbocycles. The minimum Gasteiger partial charge on any atom is -0.352 e. The van der Waals surface area contributed by atoms with Gasteiger partial charge in [-0.2, -0.15) is 0 Å². The number of aromatic nitrogens is 2. The molecule has 1 aliphatic heterocycles. The smallest absolute Gasteiger partial charge is 0.270 e. The Bertz CT molecular complexity index is 953. The molecule has 0 unspecified atom stereocenters. The first-order chi connectivity index (χ1) is 13.2. The molecule has 1 aromatic heterocycles. The number of benzene rings is 2. The number of carbonyl (C=O) groups is 1. The van der Waals surface area contributed by atoms with Gasteiger partial charge in [0.15, 0.2) is 0 Å². The van der Waals surface area contributed by atoms with Crippen molar-refractivity contribution in [1.29, 1.82) is 0 Å². The Kier molecular flexibility index (Phi) is 4.83. The van der Waals surface area contributed by atoms with Crippen LogP contribution in [0.15, 0.2) is 60.9 Å². The molecule has 0 saturated carbocycles. The van der Waals surface area contributed by atoms with Gasteiger partial charge in [-0.15, -0.1) is 0 Å². The fourth-order valence-electron chi connectivity index (χ4n) is 3.31. The van der Waals surface area contributed by atoms with Gasteiger partial charge in [-0.05, 0) is 30.0 Å². The summed E-state index contributed by atoms with van der Waals surface area (Å²) in [6.45, 7) is 4.22. The highest BCUT2D eigenvalue weighted by Gasteiger charge is 2.18. The zero-order valence-corrected chi connectivity index (χ0v) is 15.4. The van der Waals surface area contributed by atoms with Gasteiger partial charge in [0.1, 0.15) is 17.8 Å². The molecule has 2 aromatic carbocycles. The van der Waals surface area contributed by atoms with Crippen molar-refractivity contribution in [3.8, 4) is 0 Å². The summed E-state index contributed by atoms with van der Waals surface area (Å²) in [6.07, 6.45) is 2.45. The van der Waals surface area contributed by atoms with Crippen molar-refractivity contribution in [2.24, 2.45) is 0 Å². The molecule has 0 spiro atoms. The predicted octanol–water partition coefficient (Wildman–Crippen LogP) is 3.28. The van der Waals surface area contributed by atoms with E-state index in [1.165, 1.54) is 23.0 Å². The molecule has 0 saturated heterocycles. The standard InChI is InChI=1S/C22H22N4O/c1-16-6-8-17(9-7-16)13-23-22(27)20-12-21(25-15-24-20)26-11-10-18-4-2-3-5-19(18)14-26/h2-9,12,15H,10-11,13-14H2,1H3,(H,23,27). The van der Waals surface area contributed by atoms with E-state index in [1.807, 2.05) is 31.2 Å². The van der Waals surface area contributed by atoms with Crippen molar-refractivity contribution in [2.75, 3.05) is 11.4 Å². The fraction of sp³-hybridized carbons (Fsp3) is 0.227. The number of fused-ring (bicyclic) bond motifs is 1. The summed E-state index contributed by atoms with van der Waals surface area (Å²) in [7, 11) is 0. The second-order valence-corrected chi connectivity index (χ2v) is 6.87. The second kappa shape index (κ2) is 7.58. The second-order valence-electron chi connectivity index (χ2n) is 6.87. The van der Waals surface area contributed by atoms with Crippen molar-refractivity contribution in [3.05, 3.63) is 88.9 Å². The third-order valence-corrected chi connectivity index (χ3v) is 4.91. The largest absolute Gasteiger partial charge is 0.352 e. The van der Waals surface area contributed by atoms with Gasteiger partial charge < -0.3 is 10.2 Å². The van der Waals surface area contributed by atoms with Crippen LogP contribution in [0.1, 0.15) is 32.7 Å². The lowest BCUT2D eigenvalue weighted by molar-refractivity contribution is 0.0945. The van der Waals surface area contributed by atoms with E-state index in [-0.39, 0.29) is 5.91 Å². The van der Waals surface area contributed by atoms with Crippen molar-refractivity contribution < 1.29 is 4.79 Å². The van der Waals surface area contributed by atoms with Crippen molar-refractivity contribution in [2.45, 2.75) is 26.4 Å². The number of hydrogen-bond donors (Lipinski definition) is 1. The first kappa shape index (κ1) is 17.2. The lowest BCUT2D eigenvalue weighted by atomic mass is 10.00. The van der Waals surface area contributed by atoms with Gasteiger partial charge in [0, 0.05) is 25.7 Å². The van der Waals surface area contributed by atoms with Crippen LogP contribution < -0.4 is 10.2 Å². The molecule has 0 bridgehead atoms. The summed E-state index contributed by atoms with van der Waals surface area (Å²) in [4.78, 5) is 23.2. The Morgan fingerprint density at radius 1 is 1.07 bits per heavy atom. The summed E-state index contributed by atoms with van der Waals surface area (Å²) in [5, 5.41) is 2.93. The van der Waals surface area contributed by atoms with Gasteiger partial charge in [0.2, 0.25) is 0 Å². The molecular formula is C22H22N4O. The monoisotopic (exact) mass is 358 g/mol. The number of aryl methyl sites for hydroxylation is 1. The highest BCUT2D eigenvalue weighted by molar-refractivity contribution is 5.92. The lowest BCUT2D eigenvalue weighted by Gasteiger charge is -2.29. The summed E-state index contributed by atoms with van der Waals surface area (Å²) in [6, 6.07) is 18.4. The highest BCUT2D eigenvalue weighted by Crippen LogP contribution is 2.23. The number of carbonyl (C=O) groups excluding carboxylic acids is 1. The van der Waals surface area contributed by atoms with Gasteiger partial charge in [-0.25, -0.2) is 9.97 Å². The molecule has 0 fully saturated rings. The average molecular weight is 358 g/mol. The molecule has 5 nitrogen and oxygen atoms in total. The zero-order valence-electron chi connectivity index (χ0n) is 15.4. The fourth-order valence-corrected chi connectivity index (χ4v) is 3.31. The first-order valence-electron chi connectivity index (χ1n) is 9.16. The number of hydrogen-bond acceptors (Lipinski definition) is 4. The van der Waals surface area contributed by atoms with E-state index in [2.05, 4.69) is 44.5 Å². The summed E-state index contributed by atoms with van der Waals surface area (Å²) in [5.41, 5.74) is 5.36. The van der Waals surface area contributed by atoms with Crippen molar-refractivity contribution >= 4 is 11.7 Å². The molecule has 2 heterocycles. The molecule has 136 valence electrons.